The standard InChI is InChI=1S/C9H8N4.ClH/c1-2-4-9(5-3-1)6-7-13-8-10-11-12-13;/h1-8H;1H. The fourth-order valence-electron chi connectivity index (χ4n) is 0.987. The van der Waals surface area contributed by atoms with E-state index in [1.165, 1.54) is 0 Å². The highest BCUT2D eigenvalue weighted by atomic mass is 35.5. The molecule has 5 heteroatoms. The van der Waals surface area contributed by atoms with E-state index in [0.29, 0.717) is 0 Å². The van der Waals surface area contributed by atoms with Gasteiger partial charge in [-0.3, -0.25) is 0 Å². The molecule has 1 N–H and O–H groups in total. The van der Waals surface area contributed by atoms with Gasteiger partial charge in [-0.05, 0) is 11.6 Å². The van der Waals surface area contributed by atoms with Crippen LogP contribution in [0, 0.1) is 0 Å². The van der Waals surface area contributed by atoms with Crippen LogP contribution in [-0.2, 0) is 0 Å². The summed E-state index contributed by atoms with van der Waals surface area (Å²) in [7, 11) is 0. The molecule has 0 fully saturated rings. The number of rotatable bonds is 2. The van der Waals surface area contributed by atoms with Crippen molar-refractivity contribution in [2.24, 2.45) is 0 Å². The third-order valence-corrected chi connectivity index (χ3v) is 1.62. The van der Waals surface area contributed by atoms with Crippen molar-refractivity contribution in [2.45, 2.75) is 0 Å². The molecule has 0 bridgehead atoms. The lowest BCUT2D eigenvalue weighted by atomic mass is 10.2. The van der Waals surface area contributed by atoms with Crippen LogP contribution in [0.2, 0.25) is 0 Å². The minimum Gasteiger partial charge on any atom is -1.00 e. The van der Waals surface area contributed by atoms with Crippen LogP contribution < -0.4 is 17.1 Å². The Morgan fingerprint density at radius 1 is 1.21 bits per heavy atom. The zero-order chi connectivity index (χ0) is 8.93. The van der Waals surface area contributed by atoms with Gasteiger partial charge in [0.1, 0.15) is 5.10 Å². The molecule has 0 aliphatic carbocycles. The van der Waals surface area contributed by atoms with Gasteiger partial charge in [0, 0.05) is 0 Å². The zero-order valence-corrected chi connectivity index (χ0v) is 8.09. The number of aromatic amines is 1. The molecule has 2 aromatic rings. The van der Waals surface area contributed by atoms with E-state index in [0.717, 1.165) is 5.56 Å². The number of halogens is 1. The van der Waals surface area contributed by atoms with Gasteiger partial charge >= 0.3 is 0 Å². The Morgan fingerprint density at radius 2 is 2.00 bits per heavy atom. The average Bonchev–Trinajstić information content (AvgIpc) is 2.69. The maximum atomic E-state index is 3.64. The molecule has 72 valence electrons. The SMILES string of the molecule is C(=C[n+]1cnn[nH]1)c1ccccc1.[Cl-]. The van der Waals surface area contributed by atoms with Crippen molar-refractivity contribution >= 4 is 12.3 Å². The summed E-state index contributed by atoms with van der Waals surface area (Å²) < 4.78 is 1.67. The predicted octanol–water partition coefficient (Wildman–Crippen LogP) is -2.28. The first-order valence-electron chi connectivity index (χ1n) is 3.95. The molecular weight excluding hydrogens is 200 g/mol. The quantitative estimate of drug-likeness (QED) is 0.566. The molecule has 14 heavy (non-hydrogen) atoms. The normalized spacial score (nSPS) is 10.0. The van der Waals surface area contributed by atoms with E-state index in [1.807, 2.05) is 42.6 Å². The van der Waals surface area contributed by atoms with Crippen molar-refractivity contribution in [1.82, 2.24) is 15.5 Å². The fraction of sp³-hybridized carbons (Fsp3) is 0. The molecule has 1 aromatic carbocycles. The molecule has 0 spiro atoms. The summed E-state index contributed by atoms with van der Waals surface area (Å²) in [6.07, 6.45) is 5.43. The van der Waals surface area contributed by atoms with E-state index in [-0.39, 0.29) is 12.4 Å². The van der Waals surface area contributed by atoms with E-state index in [1.54, 1.807) is 11.0 Å². The second kappa shape index (κ2) is 5.14. The predicted molar refractivity (Wildman–Crippen MR) is 48.2 cm³/mol. The second-order valence-electron chi connectivity index (χ2n) is 2.56. The molecule has 0 unspecified atom stereocenters. The fourth-order valence-corrected chi connectivity index (χ4v) is 0.987. The largest absolute Gasteiger partial charge is 1.00 e. The van der Waals surface area contributed by atoms with Gasteiger partial charge in [-0.2, -0.15) is 0 Å². The highest BCUT2D eigenvalue weighted by Crippen LogP contribution is 1.99. The molecule has 0 atom stereocenters. The Labute approximate surface area is 87.7 Å². The number of tetrazole rings is 1. The average molecular weight is 209 g/mol. The number of hydrogen-bond acceptors (Lipinski definition) is 2. The van der Waals surface area contributed by atoms with Crippen LogP contribution in [0.3, 0.4) is 0 Å². The van der Waals surface area contributed by atoms with Gasteiger partial charge in [0.05, 0.1) is 6.20 Å². The van der Waals surface area contributed by atoms with Gasteiger partial charge in [-0.25, -0.2) is 0 Å². The minimum absolute atomic E-state index is 0. The lowest BCUT2D eigenvalue weighted by molar-refractivity contribution is -0.634. The third-order valence-electron chi connectivity index (χ3n) is 1.62. The lowest BCUT2D eigenvalue weighted by Crippen LogP contribution is -3.00. The maximum Gasteiger partial charge on any atom is 0.292 e. The van der Waals surface area contributed by atoms with Gasteiger partial charge in [0.2, 0.25) is 0 Å². The highest BCUT2D eigenvalue weighted by molar-refractivity contribution is 5.56. The Kier molecular flexibility index (Phi) is 3.82. The van der Waals surface area contributed by atoms with Crippen molar-refractivity contribution in [2.75, 3.05) is 0 Å². The Balaban J connectivity index is 0.000000980. The molecule has 1 aromatic heterocycles. The first-order chi connectivity index (χ1) is 6.45. The molecule has 0 aliphatic rings. The number of nitrogens with one attached hydrogen (secondary N) is 1. The van der Waals surface area contributed by atoms with Gasteiger partial charge in [0.25, 0.3) is 6.33 Å². The van der Waals surface area contributed by atoms with Crippen LogP contribution in [0.4, 0.5) is 0 Å². The van der Waals surface area contributed by atoms with Crippen molar-refractivity contribution in [3.63, 3.8) is 0 Å². The molecule has 0 saturated carbocycles. The number of aromatic nitrogens is 4. The Morgan fingerprint density at radius 3 is 2.64 bits per heavy atom. The van der Waals surface area contributed by atoms with Crippen molar-refractivity contribution in [1.29, 1.82) is 0 Å². The van der Waals surface area contributed by atoms with Crippen molar-refractivity contribution in [3.8, 4) is 0 Å². The maximum absolute atomic E-state index is 3.64. The van der Waals surface area contributed by atoms with Crippen LogP contribution in [0.15, 0.2) is 36.7 Å². The summed E-state index contributed by atoms with van der Waals surface area (Å²) in [5, 5.41) is 9.89. The monoisotopic (exact) mass is 208 g/mol. The van der Waals surface area contributed by atoms with Crippen LogP contribution >= 0.6 is 0 Å². The summed E-state index contributed by atoms with van der Waals surface area (Å²) in [4.78, 5) is 0. The van der Waals surface area contributed by atoms with Crippen molar-refractivity contribution < 1.29 is 17.1 Å². The summed E-state index contributed by atoms with van der Waals surface area (Å²) in [6, 6.07) is 10.0. The van der Waals surface area contributed by atoms with Crippen LogP contribution in [0.1, 0.15) is 5.56 Å². The van der Waals surface area contributed by atoms with E-state index in [2.05, 4.69) is 15.5 Å². The molecule has 2 rings (SSSR count). The van der Waals surface area contributed by atoms with E-state index < -0.39 is 0 Å². The second-order valence-corrected chi connectivity index (χ2v) is 2.56. The lowest BCUT2D eigenvalue weighted by Gasteiger charge is -1.88. The number of nitrogens with zero attached hydrogens (tertiary/aromatic N) is 3. The van der Waals surface area contributed by atoms with E-state index in [9.17, 15) is 0 Å². The van der Waals surface area contributed by atoms with Crippen LogP contribution in [0.25, 0.3) is 12.3 Å². The van der Waals surface area contributed by atoms with Gasteiger partial charge < -0.3 is 12.4 Å². The van der Waals surface area contributed by atoms with Crippen LogP contribution in [-0.4, -0.2) is 15.5 Å². The summed E-state index contributed by atoms with van der Waals surface area (Å²) in [5.74, 6) is 0. The summed E-state index contributed by atoms with van der Waals surface area (Å²) in [6.45, 7) is 0. The van der Waals surface area contributed by atoms with Gasteiger partial charge in [0.15, 0.2) is 5.21 Å². The summed E-state index contributed by atoms with van der Waals surface area (Å²) in [5.41, 5.74) is 1.14. The Bertz CT molecular complexity index is 382. The molecule has 0 aliphatic heterocycles. The van der Waals surface area contributed by atoms with E-state index in [4.69, 9.17) is 0 Å². The van der Waals surface area contributed by atoms with E-state index >= 15 is 0 Å². The molecular formula is C9H9ClN4. The smallest absolute Gasteiger partial charge is 0.292 e. The molecule has 0 saturated heterocycles. The van der Waals surface area contributed by atoms with Crippen molar-refractivity contribution in [3.05, 3.63) is 42.2 Å². The van der Waals surface area contributed by atoms with Crippen LogP contribution in [0.5, 0.6) is 0 Å². The molecule has 1 heterocycles. The topological polar surface area (TPSA) is 45.5 Å². The van der Waals surface area contributed by atoms with Gasteiger partial charge in [-0.1, -0.05) is 35.5 Å². The third kappa shape index (κ3) is 2.67. The molecule has 0 amide bonds. The number of H-pyrrole nitrogens is 1. The number of benzene rings is 1. The zero-order valence-electron chi connectivity index (χ0n) is 7.34. The first kappa shape index (κ1) is 10.4. The highest BCUT2D eigenvalue weighted by Gasteiger charge is 1.91. The minimum atomic E-state index is 0. The Hall–Kier alpha value is -1.68. The molecule has 0 radical (unpaired) electrons. The molecule has 4 nitrogen and oxygen atoms in total. The van der Waals surface area contributed by atoms with Gasteiger partial charge in [-0.15, -0.1) is 4.68 Å². The number of hydrogen-bond donors (Lipinski definition) is 1. The summed E-state index contributed by atoms with van der Waals surface area (Å²) >= 11 is 0. The first-order valence-corrected chi connectivity index (χ1v) is 3.95.